The molecule has 26 heavy (non-hydrogen) atoms. The number of esters is 1. The highest BCUT2D eigenvalue weighted by Gasteiger charge is 2.15. The van der Waals surface area contributed by atoms with Gasteiger partial charge in [-0.2, -0.15) is 0 Å². The minimum Gasteiger partial charge on any atom is -0.462 e. The average Bonchev–Trinajstić information content (AvgIpc) is 2.61. The van der Waals surface area contributed by atoms with Gasteiger partial charge in [-0.15, -0.1) is 0 Å². The summed E-state index contributed by atoms with van der Waals surface area (Å²) in [6.45, 7) is 7.68. The molecule has 0 fully saturated rings. The van der Waals surface area contributed by atoms with Gasteiger partial charge in [0.1, 0.15) is 17.3 Å². The first-order chi connectivity index (χ1) is 12.4. The Hall–Kier alpha value is -2.96. The van der Waals surface area contributed by atoms with Crippen LogP contribution < -0.4 is 10.6 Å². The Labute approximate surface area is 153 Å². The number of ether oxygens (including phenoxy) is 1. The fourth-order valence-electron chi connectivity index (χ4n) is 2.26. The van der Waals surface area contributed by atoms with Crippen molar-refractivity contribution in [2.24, 2.45) is 0 Å². The number of benzene rings is 1. The molecular formula is C19H24N4O3. The predicted octanol–water partition coefficient (Wildman–Crippen LogP) is 3.23. The monoisotopic (exact) mass is 356 g/mol. The number of nitrogens with one attached hydrogen (secondary N) is 2. The number of nitrogens with zero attached hydrogens (tertiary/aromatic N) is 2. The summed E-state index contributed by atoms with van der Waals surface area (Å²) in [6, 6.07) is 8.60. The third kappa shape index (κ3) is 5.02. The van der Waals surface area contributed by atoms with E-state index in [4.69, 9.17) is 4.74 Å². The predicted molar refractivity (Wildman–Crippen MR) is 99.7 cm³/mol. The molecule has 2 N–H and O–H groups in total. The Morgan fingerprint density at radius 3 is 2.62 bits per heavy atom. The molecule has 0 saturated carbocycles. The Kier molecular flexibility index (Phi) is 6.66. The highest BCUT2D eigenvalue weighted by molar-refractivity contribution is 5.97. The standard InChI is InChI=1S/C19H24N4O3/c1-5-12(3)20-18(24)16-11-17(22-13(4)21-16)23-15-10-8-7-9-14(15)19(25)26-6-2/h7-12H,5-6H2,1-4H3,(H,20,24)(H,21,22,23). The quantitative estimate of drug-likeness (QED) is 0.740. The summed E-state index contributed by atoms with van der Waals surface area (Å²) in [6.07, 6.45) is 0.827. The van der Waals surface area contributed by atoms with E-state index in [1.54, 1.807) is 44.2 Å². The Balaban J connectivity index is 2.28. The lowest BCUT2D eigenvalue weighted by atomic mass is 10.1. The minimum atomic E-state index is -0.420. The molecule has 7 heteroatoms. The number of anilines is 2. The van der Waals surface area contributed by atoms with Crippen LogP contribution in [0.4, 0.5) is 11.5 Å². The van der Waals surface area contributed by atoms with E-state index in [1.165, 1.54) is 0 Å². The Morgan fingerprint density at radius 1 is 1.19 bits per heavy atom. The molecule has 0 aliphatic heterocycles. The van der Waals surface area contributed by atoms with Gasteiger partial charge in [0, 0.05) is 12.1 Å². The van der Waals surface area contributed by atoms with Crippen LogP contribution in [0.5, 0.6) is 0 Å². The van der Waals surface area contributed by atoms with Gasteiger partial charge in [-0.1, -0.05) is 19.1 Å². The highest BCUT2D eigenvalue weighted by Crippen LogP contribution is 2.21. The Bertz CT molecular complexity index is 792. The van der Waals surface area contributed by atoms with E-state index in [9.17, 15) is 9.59 Å². The van der Waals surface area contributed by atoms with E-state index in [2.05, 4.69) is 20.6 Å². The lowest BCUT2D eigenvalue weighted by Gasteiger charge is -2.13. The van der Waals surface area contributed by atoms with Gasteiger partial charge < -0.3 is 15.4 Å². The zero-order chi connectivity index (χ0) is 19.1. The molecule has 0 bridgehead atoms. The SMILES string of the molecule is CCOC(=O)c1ccccc1Nc1cc(C(=O)NC(C)CC)nc(C)n1. The van der Waals surface area contributed by atoms with Gasteiger partial charge in [0.15, 0.2) is 0 Å². The number of amides is 1. The molecule has 0 spiro atoms. The largest absolute Gasteiger partial charge is 0.462 e. The van der Waals surface area contributed by atoms with Gasteiger partial charge in [0.2, 0.25) is 0 Å². The van der Waals surface area contributed by atoms with Crippen LogP contribution in [0.15, 0.2) is 30.3 Å². The summed E-state index contributed by atoms with van der Waals surface area (Å²) in [7, 11) is 0. The fourth-order valence-corrected chi connectivity index (χ4v) is 2.26. The topological polar surface area (TPSA) is 93.2 Å². The second kappa shape index (κ2) is 8.94. The lowest BCUT2D eigenvalue weighted by Crippen LogP contribution is -2.32. The van der Waals surface area contributed by atoms with Crippen LogP contribution >= 0.6 is 0 Å². The number of aromatic nitrogens is 2. The average molecular weight is 356 g/mol. The van der Waals surface area contributed by atoms with E-state index >= 15 is 0 Å². The van der Waals surface area contributed by atoms with Gasteiger partial charge in [-0.3, -0.25) is 4.79 Å². The molecule has 2 rings (SSSR count). The number of rotatable bonds is 7. The van der Waals surface area contributed by atoms with Crippen molar-refractivity contribution in [2.75, 3.05) is 11.9 Å². The molecule has 1 aromatic heterocycles. The molecule has 1 unspecified atom stereocenters. The highest BCUT2D eigenvalue weighted by atomic mass is 16.5. The van der Waals surface area contributed by atoms with Crippen molar-refractivity contribution in [1.29, 1.82) is 0 Å². The van der Waals surface area contributed by atoms with Crippen molar-refractivity contribution in [3.63, 3.8) is 0 Å². The second-order valence-corrected chi connectivity index (χ2v) is 5.86. The summed E-state index contributed by atoms with van der Waals surface area (Å²) in [5.74, 6) is 0.212. The fraction of sp³-hybridized carbons (Fsp3) is 0.368. The van der Waals surface area contributed by atoms with Crippen molar-refractivity contribution in [3.05, 3.63) is 47.4 Å². The first-order valence-electron chi connectivity index (χ1n) is 8.64. The van der Waals surface area contributed by atoms with Crippen molar-refractivity contribution in [1.82, 2.24) is 15.3 Å². The number of aryl methyl sites for hydroxylation is 1. The number of hydrogen-bond donors (Lipinski definition) is 2. The van der Waals surface area contributed by atoms with Gasteiger partial charge >= 0.3 is 5.97 Å². The summed E-state index contributed by atoms with van der Waals surface area (Å²) >= 11 is 0. The van der Waals surface area contributed by atoms with Crippen LogP contribution in [0.1, 0.15) is 53.9 Å². The van der Waals surface area contributed by atoms with Gasteiger partial charge in [0.05, 0.1) is 17.9 Å². The van der Waals surface area contributed by atoms with Crippen LogP contribution in [-0.4, -0.2) is 34.5 Å². The van der Waals surface area contributed by atoms with Crippen LogP contribution in [0.3, 0.4) is 0 Å². The molecule has 1 amide bonds. The maximum atomic E-state index is 12.3. The zero-order valence-corrected chi connectivity index (χ0v) is 15.5. The summed E-state index contributed by atoms with van der Waals surface area (Å²) in [5, 5.41) is 5.96. The second-order valence-electron chi connectivity index (χ2n) is 5.86. The van der Waals surface area contributed by atoms with Gasteiger partial charge in [-0.05, 0) is 39.3 Å². The third-order valence-corrected chi connectivity index (χ3v) is 3.75. The van der Waals surface area contributed by atoms with Gasteiger partial charge in [-0.25, -0.2) is 14.8 Å². The molecule has 2 aromatic rings. The Morgan fingerprint density at radius 2 is 1.92 bits per heavy atom. The minimum absolute atomic E-state index is 0.0544. The van der Waals surface area contributed by atoms with Crippen LogP contribution in [0.25, 0.3) is 0 Å². The van der Waals surface area contributed by atoms with Crippen molar-refractivity contribution >= 4 is 23.4 Å². The number of carbonyl (C=O) groups excluding carboxylic acids is 2. The lowest BCUT2D eigenvalue weighted by molar-refractivity contribution is 0.0527. The number of para-hydroxylation sites is 1. The molecular weight excluding hydrogens is 332 g/mol. The van der Waals surface area contributed by atoms with Crippen LogP contribution in [0, 0.1) is 6.92 Å². The molecule has 138 valence electrons. The summed E-state index contributed by atoms with van der Waals surface area (Å²) in [5.41, 5.74) is 1.22. The number of carbonyl (C=O) groups is 2. The van der Waals surface area contributed by atoms with Crippen molar-refractivity contribution < 1.29 is 14.3 Å². The first kappa shape index (κ1) is 19.4. The molecule has 1 aromatic carbocycles. The first-order valence-corrected chi connectivity index (χ1v) is 8.64. The van der Waals surface area contributed by atoms with E-state index in [0.717, 1.165) is 6.42 Å². The zero-order valence-electron chi connectivity index (χ0n) is 15.5. The summed E-state index contributed by atoms with van der Waals surface area (Å²) < 4.78 is 5.07. The van der Waals surface area contributed by atoms with Crippen molar-refractivity contribution in [2.45, 2.75) is 40.2 Å². The van der Waals surface area contributed by atoms with Crippen molar-refractivity contribution in [3.8, 4) is 0 Å². The van der Waals surface area contributed by atoms with E-state index < -0.39 is 5.97 Å². The van der Waals surface area contributed by atoms with Crippen LogP contribution in [-0.2, 0) is 4.74 Å². The number of hydrogen-bond acceptors (Lipinski definition) is 6. The normalized spacial score (nSPS) is 11.5. The maximum absolute atomic E-state index is 12.3. The smallest absolute Gasteiger partial charge is 0.340 e. The molecule has 7 nitrogen and oxygen atoms in total. The summed E-state index contributed by atoms with van der Waals surface area (Å²) in [4.78, 5) is 32.9. The van der Waals surface area contributed by atoms with E-state index in [1.807, 2.05) is 13.8 Å². The van der Waals surface area contributed by atoms with E-state index in [0.29, 0.717) is 29.5 Å². The molecule has 1 atom stereocenters. The molecule has 1 heterocycles. The van der Waals surface area contributed by atoms with Gasteiger partial charge in [0.25, 0.3) is 5.91 Å². The van der Waals surface area contributed by atoms with Crippen LogP contribution in [0.2, 0.25) is 0 Å². The maximum Gasteiger partial charge on any atom is 0.340 e. The third-order valence-electron chi connectivity index (χ3n) is 3.75. The molecule has 0 aliphatic carbocycles. The molecule has 0 saturated heterocycles. The molecule has 0 radical (unpaired) electrons. The molecule has 0 aliphatic rings. The van der Waals surface area contributed by atoms with E-state index in [-0.39, 0.29) is 17.6 Å².